The van der Waals surface area contributed by atoms with E-state index in [1.54, 1.807) is 0 Å². The minimum Gasteiger partial charge on any atom is -0.463 e. The number of rotatable bonds is 18. The van der Waals surface area contributed by atoms with Crippen LogP contribution in [0.2, 0.25) is 0 Å². The van der Waals surface area contributed by atoms with Gasteiger partial charge in [0.05, 0.1) is 13.0 Å². The minimum atomic E-state index is -1.29. The van der Waals surface area contributed by atoms with Crippen LogP contribution in [0.25, 0.3) is 0 Å². The number of aliphatic hydroxyl groups excluding tert-OH is 3. The van der Waals surface area contributed by atoms with Gasteiger partial charge in [0.25, 0.3) is 0 Å². The maximum atomic E-state index is 11.7. The quantitative estimate of drug-likeness (QED) is 0.211. The molecule has 0 amide bonds. The molecule has 5 nitrogen and oxygen atoms in total. The van der Waals surface area contributed by atoms with Crippen molar-refractivity contribution in [3.63, 3.8) is 0 Å². The molecule has 4 unspecified atom stereocenters. The number of esters is 1. The summed E-state index contributed by atoms with van der Waals surface area (Å²) in [5.74, 6) is 1.97. The Morgan fingerprint density at radius 1 is 0.867 bits per heavy atom. The molecule has 0 aromatic heterocycles. The van der Waals surface area contributed by atoms with Crippen molar-refractivity contribution < 1.29 is 24.9 Å². The Hall–Kier alpha value is -0.910. The molecule has 0 aliphatic carbocycles. The molecular weight excluding hydrogens is 380 g/mol. The van der Waals surface area contributed by atoms with Crippen molar-refractivity contribution in [2.45, 2.75) is 111 Å². The van der Waals surface area contributed by atoms with Crippen LogP contribution in [0.5, 0.6) is 0 Å². The summed E-state index contributed by atoms with van der Waals surface area (Å²) in [6.07, 6.45) is 10.8. The van der Waals surface area contributed by atoms with Gasteiger partial charge in [0.2, 0.25) is 0 Å². The van der Waals surface area contributed by atoms with Gasteiger partial charge in [-0.15, -0.1) is 0 Å². The molecule has 30 heavy (non-hydrogen) atoms. The second kappa shape index (κ2) is 17.7. The van der Waals surface area contributed by atoms with Gasteiger partial charge in [-0.1, -0.05) is 84.3 Å². The summed E-state index contributed by atoms with van der Waals surface area (Å²) < 4.78 is 4.91. The van der Waals surface area contributed by atoms with Crippen molar-refractivity contribution in [3.8, 4) is 0 Å². The molecule has 0 radical (unpaired) electrons. The first kappa shape index (κ1) is 29.1. The molecule has 3 N–H and O–H groups in total. The van der Waals surface area contributed by atoms with E-state index in [2.05, 4.69) is 27.7 Å². The van der Waals surface area contributed by atoms with E-state index in [9.17, 15) is 15.0 Å². The molecule has 0 aliphatic rings. The fraction of sp³-hybridized carbons (Fsp3) is 0.880. The third-order valence-corrected chi connectivity index (χ3v) is 5.80. The zero-order valence-electron chi connectivity index (χ0n) is 20.1. The molecule has 0 bridgehead atoms. The first-order chi connectivity index (χ1) is 14.1. The van der Waals surface area contributed by atoms with Crippen LogP contribution in [-0.4, -0.2) is 46.7 Å². The van der Waals surface area contributed by atoms with Crippen molar-refractivity contribution in [1.29, 1.82) is 0 Å². The van der Waals surface area contributed by atoms with Gasteiger partial charge in [-0.05, 0) is 37.5 Å². The summed E-state index contributed by atoms with van der Waals surface area (Å²) in [7, 11) is 0. The predicted octanol–water partition coefficient (Wildman–Crippen LogP) is 5.02. The van der Waals surface area contributed by atoms with Gasteiger partial charge in [-0.3, -0.25) is 4.79 Å². The van der Waals surface area contributed by atoms with Crippen LogP contribution in [0, 0.1) is 17.8 Å². The minimum absolute atomic E-state index is 0.165. The third-order valence-electron chi connectivity index (χ3n) is 5.80. The number of carbonyl (C=O) groups excluding carboxylic acids is 1. The summed E-state index contributed by atoms with van der Waals surface area (Å²) in [6.45, 7) is 10.5. The topological polar surface area (TPSA) is 87.0 Å². The molecule has 0 fully saturated rings. The maximum Gasteiger partial charge on any atom is 0.309 e. The number of hydrogen-bond acceptors (Lipinski definition) is 5. The molecule has 0 spiro atoms. The van der Waals surface area contributed by atoms with Gasteiger partial charge in [0.1, 0.15) is 18.8 Å². The van der Waals surface area contributed by atoms with Gasteiger partial charge >= 0.3 is 5.97 Å². The van der Waals surface area contributed by atoms with E-state index in [-0.39, 0.29) is 13.0 Å². The van der Waals surface area contributed by atoms with Crippen molar-refractivity contribution in [1.82, 2.24) is 0 Å². The smallest absolute Gasteiger partial charge is 0.309 e. The maximum absolute atomic E-state index is 11.7. The van der Waals surface area contributed by atoms with Crippen LogP contribution in [0.3, 0.4) is 0 Å². The molecule has 0 saturated heterocycles. The van der Waals surface area contributed by atoms with Gasteiger partial charge < -0.3 is 20.1 Å². The fourth-order valence-electron chi connectivity index (χ4n) is 3.54. The number of hydrogen-bond donors (Lipinski definition) is 3. The summed E-state index contributed by atoms with van der Waals surface area (Å²) in [5, 5.41) is 27.4. The lowest BCUT2D eigenvalue weighted by Crippen LogP contribution is -2.34. The highest BCUT2D eigenvalue weighted by atomic mass is 16.5. The van der Waals surface area contributed by atoms with E-state index in [1.807, 2.05) is 13.0 Å². The average molecular weight is 429 g/mol. The summed E-state index contributed by atoms with van der Waals surface area (Å²) in [5.41, 5.74) is 1.17. The van der Waals surface area contributed by atoms with E-state index in [0.717, 1.165) is 30.6 Å². The third kappa shape index (κ3) is 16.8. The lowest BCUT2D eigenvalue weighted by molar-refractivity contribution is -0.148. The Labute approximate surface area is 184 Å². The van der Waals surface area contributed by atoms with Crippen LogP contribution in [0.1, 0.15) is 98.8 Å². The Bertz CT molecular complexity index is 460. The lowest BCUT2D eigenvalue weighted by Gasteiger charge is -2.15. The monoisotopic (exact) mass is 428 g/mol. The van der Waals surface area contributed by atoms with E-state index < -0.39 is 24.8 Å². The molecule has 0 aromatic rings. The number of ether oxygens (including phenoxy) is 1. The van der Waals surface area contributed by atoms with Crippen LogP contribution >= 0.6 is 0 Å². The molecule has 178 valence electrons. The normalized spacial score (nSPS) is 16.4. The summed E-state index contributed by atoms with van der Waals surface area (Å²) >= 11 is 0. The highest BCUT2D eigenvalue weighted by Crippen LogP contribution is 2.22. The fourth-order valence-corrected chi connectivity index (χ4v) is 3.54. The highest BCUT2D eigenvalue weighted by Gasteiger charge is 2.16. The van der Waals surface area contributed by atoms with E-state index >= 15 is 0 Å². The molecule has 0 aromatic carbocycles. The van der Waals surface area contributed by atoms with Gasteiger partial charge in [0.15, 0.2) is 0 Å². The molecule has 0 aliphatic heterocycles. The average Bonchev–Trinajstić information content (AvgIpc) is 2.69. The summed E-state index contributed by atoms with van der Waals surface area (Å²) in [6, 6.07) is 0. The Balaban J connectivity index is 3.83. The van der Waals surface area contributed by atoms with E-state index in [4.69, 9.17) is 9.84 Å². The van der Waals surface area contributed by atoms with Gasteiger partial charge in [0, 0.05) is 0 Å². The van der Waals surface area contributed by atoms with Crippen LogP contribution in [0.15, 0.2) is 11.6 Å². The first-order valence-electron chi connectivity index (χ1n) is 11.9. The van der Waals surface area contributed by atoms with Crippen LogP contribution in [0.4, 0.5) is 0 Å². The highest BCUT2D eigenvalue weighted by molar-refractivity contribution is 5.71. The molecule has 0 saturated carbocycles. The number of allylic oxidation sites excluding steroid dienone is 1. The SMILES string of the molecule is C/C(=C\CC(=O)OCC(O)C(O)CO)CCCC(C)CCCC(C)CCCC(C)C. The summed E-state index contributed by atoms with van der Waals surface area (Å²) in [4.78, 5) is 11.7. The van der Waals surface area contributed by atoms with Gasteiger partial charge in [-0.2, -0.15) is 0 Å². The van der Waals surface area contributed by atoms with Gasteiger partial charge in [-0.25, -0.2) is 0 Å². The van der Waals surface area contributed by atoms with E-state index in [0.29, 0.717) is 0 Å². The molecule has 4 atom stereocenters. The van der Waals surface area contributed by atoms with Crippen molar-refractivity contribution in [3.05, 3.63) is 11.6 Å². The molecule has 0 rings (SSSR count). The van der Waals surface area contributed by atoms with Crippen molar-refractivity contribution >= 4 is 5.97 Å². The molecule has 5 heteroatoms. The van der Waals surface area contributed by atoms with Crippen molar-refractivity contribution in [2.24, 2.45) is 17.8 Å². The molecular formula is C25H48O5. The predicted molar refractivity (Wildman–Crippen MR) is 123 cm³/mol. The Morgan fingerprint density at radius 2 is 1.40 bits per heavy atom. The second-order valence-corrected chi connectivity index (χ2v) is 9.61. The zero-order chi connectivity index (χ0) is 22.9. The number of aliphatic hydroxyl groups is 3. The largest absolute Gasteiger partial charge is 0.463 e. The number of carbonyl (C=O) groups is 1. The van der Waals surface area contributed by atoms with E-state index in [1.165, 1.54) is 50.5 Å². The van der Waals surface area contributed by atoms with Crippen molar-refractivity contribution in [2.75, 3.05) is 13.2 Å². The molecule has 0 heterocycles. The first-order valence-corrected chi connectivity index (χ1v) is 11.9. The standard InChI is InChI=1S/C25H48O5/c1-19(2)9-6-10-20(3)11-7-12-21(4)13-8-14-22(5)15-16-25(29)30-18-24(28)23(27)17-26/h15,19-21,23-24,26-28H,6-14,16-18H2,1-5H3/b22-15+. The van der Waals surface area contributed by atoms with Crippen LogP contribution < -0.4 is 0 Å². The Kier molecular flexibility index (Phi) is 17.2. The zero-order valence-corrected chi connectivity index (χ0v) is 20.1. The van der Waals surface area contributed by atoms with Crippen LogP contribution in [-0.2, 0) is 9.53 Å². The Morgan fingerprint density at radius 3 is 1.93 bits per heavy atom. The second-order valence-electron chi connectivity index (χ2n) is 9.61. The lowest BCUT2D eigenvalue weighted by atomic mass is 9.91.